The van der Waals surface area contributed by atoms with Crippen molar-refractivity contribution >= 4 is 5.91 Å². The lowest BCUT2D eigenvalue weighted by Crippen LogP contribution is -2.34. The quantitative estimate of drug-likeness (QED) is 0.933. The van der Waals surface area contributed by atoms with Gasteiger partial charge in [-0.25, -0.2) is 0 Å². The number of nitrogens with zero attached hydrogens (tertiary/aromatic N) is 3. The molecule has 2 aromatic rings. The van der Waals surface area contributed by atoms with E-state index < -0.39 is 0 Å². The molecule has 22 heavy (non-hydrogen) atoms. The molecule has 0 bridgehead atoms. The summed E-state index contributed by atoms with van der Waals surface area (Å²) in [7, 11) is 1.94. The van der Waals surface area contributed by atoms with Crippen LogP contribution in [0.5, 0.6) is 0 Å². The number of carbonyl (C=O) groups is 1. The summed E-state index contributed by atoms with van der Waals surface area (Å²) < 4.78 is 7.09. The summed E-state index contributed by atoms with van der Waals surface area (Å²) in [6.07, 6.45) is 5.30. The molecule has 0 saturated heterocycles. The first-order valence-electron chi connectivity index (χ1n) is 7.81. The molecule has 1 atom stereocenters. The Morgan fingerprint density at radius 3 is 3.14 bits per heavy atom. The molecule has 1 N–H and O–H groups in total. The van der Waals surface area contributed by atoms with Crippen molar-refractivity contribution < 1.29 is 9.32 Å². The molecule has 1 aliphatic carbocycles. The highest BCUT2D eigenvalue weighted by molar-refractivity contribution is 5.79. The summed E-state index contributed by atoms with van der Waals surface area (Å²) in [4.78, 5) is 12.5. The fraction of sp³-hybridized carbons (Fsp3) is 0.562. The first-order chi connectivity index (χ1) is 10.6. The van der Waals surface area contributed by atoms with Crippen LogP contribution in [-0.4, -0.2) is 20.8 Å². The van der Waals surface area contributed by atoms with E-state index in [-0.39, 0.29) is 11.8 Å². The van der Waals surface area contributed by atoms with Crippen LogP contribution in [0.25, 0.3) is 0 Å². The molecule has 1 amide bonds. The fourth-order valence-electron chi connectivity index (χ4n) is 3.13. The molecular weight excluding hydrogens is 280 g/mol. The highest BCUT2D eigenvalue weighted by atomic mass is 16.5. The molecule has 0 aliphatic heterocycles. The van der Waals surface area contributed by atoms with Gasteiger partial charge in [0.15, 0.2) is 0 Å². The molecule has 2 aromatic heterocycles. The van der Waals surface area contributed by atoms with Crippen LogP contribution in [0.3, 0.4) is 0 Å². The number of aryl methyl sites for hydroxylation is 4. The lowest BCUT2D eigenvalue weighted by molar-refractivity contribution is -0.125. The maximum Gasteiger partial charge on any atom is 0.223 e. The number of hydrogen-bond donors (Lipinski definition) is 1. The van der Waals surface area contributed by atoms with E-state index in [0.29, 0.717) is 6.54 Å². The van der Waals surface area contributed by atoms with Gasteiger partial charge < -0.3 is 9.84 Å². The molecule has 118 valence electrons. The van der Waals surface area contributed by atoms with Gasteiger partial charge in [0.05, 0.1) is 11.9 Å². The van der Waals surface area contributed by atoms with Crippen molar-refractivity contribution in [1.29, 1.82) is 0 Å². The Morgan fingerprint density at radius 2 is 2.36 bits per heavy atom. The van der Waals surface area contributed by atoms with E-state index in [9.17, 15) is 4.79 Å². The number of nitrogens with one attached hydrogen (secondary N) is 1. The van der Waals surface area contributed by atoms with Crippen LogP contribution < -0.4 is 5.32 Å². The predicted molar refractivity (Wildman–Crippen MR) is 81.2 cm³/mol. The minimum Gasteiger partial charge on any atom is -0.361 e. The standard InChI is InChI=1S/C16H22N4O2/c1-4-14-13(10(2)22-19-14)9-17-16(21)11-5-6-12-8-18-20(3)15(12)7-11/h8,11H,4-7,9H2,1-3H3,(H,17,21). The zero-order valence-electron chi connectivity index (χ0n) is 13.3. The van der Waals surface area contributed by atoms with Crippen LogP contribution in [0.4, 0.5) is 0 Å². The van der Waals surface area contributed by atoms with Crippen LogP contribution >= 0.6 is 0 Å². The van der Waals surface area contributed by atoms with E-state index in [2.05, 4.69) is 15.6 Å². The van der Waals surface area contributed by atoms with E-state index in [0.717, 1.165) is 42.7 Å². The molecule has 0 aromatic carbocycles. The van der Waals surface area contributed by atoms with Gasteiger partial charge in [-0.05, 0) is 31.7 Å². The SMILES string of the molecule is CCc1noc(C)c1CNC(=O)C1CCc2cnn(C)c2C1. The van der Waals surface area contributed by atoms with E-state index in [4.69, 9.17) is 4.52 Å². The van der Waals surface area contributed by atoms with E-state index in [1.807, 2.05) is 31.8 Å². The van der Waals surface area contributed by atoms with Gasteiger partial charge in [-0.1, -0.05) is 12.1 Å². The van der Waals surface area contributed by atoms with Crippen LogP contribution in [0.15, 0.2) is 10.7 Å². The van der Waals surface area contributed by atoms with Crippen molar-refractivity contribution in [2.45, 2.75) is 46.1 Å². The van der Waals surface area contributed by atoms with Crippen LogP contribution in [0.1, 0.15) is 41.6 Å². The third-order valence-corrected chi connectivity index (χ3v) is 4.56. The average Bonchev–Trinajstić information content (AvgIpc) is 3.08. The number of aromatic nitrogens is 3. The topological polar surface area (TPSA) is 73.0 Å². The van der Waals surface area contributed by atoms with E-state index >= 15 is 0 Å². The average molecular weight is 302 g/mol. The Bertz CT molecular complexity index is 686. The maximum absolute atomic E-state index is 12.5. The van der Waals surface area contributed by atoms with Gasteiger partial charge in [-0.2, -0.15) is 5.10 Å². The molecule has 0 fully saturated rings. The maximum atomic E-state index is 12.5. The monoisotopic (exact) mass is 302 g/mol. The zero-order chi connectivity index (χ0) is 15.7. The Kier molecular flexibility index (Phi) is 4.00. The van der Waals surface area contributed by atoms with Crippen molar-refractivity contribution in [3.63, 3.8) is 0 Å². The van der Waals surface area contributed by atoms with Gasteiger partial charge >= 0.3 is 0 Å². The molecule has 1 aliphatic rings. The van der Waals surface area contributed by atoms with Gasteiger partial charge in [-0.3, -0.25) is 9.48 Å². The molecule has 0 saturated carbocycles. The third-order valence-electron chi connectivity index (χ3n) is 4.56. The largest absolute Gasteiger partial charge is 0.361 e. The van der Waals surface area contributed by atoms with Crippen molar-refractivity contribution in [3.05, 3.63) is 34.5 Å². The van der Waals surface area contributed by atoms with Crippen molar-refractivity contribution in [2.75, 3.05) is 0 Å². The van der Waals surface area contributed by atoms with Gasteiger partial charge in [0.25, 0.3) is 0 Å². The van der Waals surface area contributed by atoms with Crippen LogP contribution in [0, 0.1) is 12.8 Å². The summed E-state index contributed by atoms with van der Waals surface area (Å²) in [5, 5.41) is 11.3. The third kappa shape index (κ3) is 2.65. The Hall–Kier alpha value is -2.11. The minimum absolute atomic E-state index is 0.0214. The van der Waals surface area contributed by atoms with Crippen LogP contribution in [0.2, 0.25) is 0 Å². The number of amides is 1. The van der Waals surface area contributed by atoms with Gasteiger partial charge in [0.1, 0.15) is 5.76 Å². The number of hydrogen-bond acceptors (Lipinski definition) is 4. The number of rotatable bonds is 4. The summed E-state index contributed by atoms with van der Waals surface area (Å²) in [6, 6.07) is 0. The second kappa shape index (κ2) is 5.94. The minimum atomic E-state index is 0.0214. The van der Waals surface area contributed by atoms with Crippen molar-refractivity contribution in [2.24, 2.45) is 13.0 Å². The number of carbonyl (C=O) groups excluding carboxylic acids is 1. The van der Waals surface area contributed by atoms with Gasteiger partial charge in [0, 0.05) is 37.2 Å². The second-order valence-corrected chi connectivity index (χ2v) is 5.92. The highest BCUT2D eigenvalue weighted by Crippen LogP contribution is 2.25. The normalized spacial score (nSPS) is 17.3. The lowest BCUT2D eigenvalue weighted by Gasteiger charge is -2.22. The van der Waals surface area contributed by atoms with Crippen molar-refractivity contribution in [3.8, 4) is 0 Å². The molecule has 6 heteroatoms. The Morgan fingerprint density at radius 1 is 1.55 bits per heavy atom. The number of fused-ring (bicyclic) bond motifs is 1. The van der Waals surface area contributed by atoms with E-state index in [1.54, 1.807) is 0 Å². The Labute approximate surface area is 129 Å². The molecule has 1 unspecified atom stereocenters. The lowest BCUT2D eigenvalue weighted by atomic mass is 9.87. The summed E-state index contributed by atoms with van der Waals surface area (Å²) in [5.41, 5.74) is 4.39. The first kappa shape index (κ1) is 14.8. The second-order valence-electron chi connectivity index (χ2n) is 5.92. The Balaban J connectivity index is 1.63. The van der Waals surface area contributed by atoms with E-state index in [1.165, 1.54) is 11.3 Å². The van der Waals surface area contributed by atoms with Gasteiger partial charge in [0.2, 0.25) is 5.91 Å². The van der Waals surface area contributed by atoms with Crippen LogP contribution in [-0.2, 0) is 37.6 Å². The molecule has 0 radical (unpaired) electrons. The summed E-state index contributed by atoms with van der Waals surface area (Å²) in [6.45, 7) is 4.41. The summed E-state index contributed by atoms with van der Waals surface area (Å²) >= 11 is 0. The van der Waals surface area contributed by atoms with Crippen molar-refractivity contribution in [1.82, 2.24) is 20.3 Å². The molecule has 6 nitrogen and oxygen atoms in total. The molecule has 3 rings (SSSR count). The molecule has 0 spiro atoms. The highest BCUT2D eigenvalue weighted by Gasteiger charge is 2.27. The fourth-order valence-corrected chi connectivity index (χ4v) is 3.13. The predicted octanol–water partition coefficient (Wildman–Crippen LogP) is 1.70. The molecule has 2 heterocycles. The molecular formula is C16H22N4O2. The zero-order valence-corrected chi connectivity index (χ0v) is 13.3. The first-order valence-corrected chi connectivity index (χ1v) is 7.81. The smallest absolute Gasteiger partial charge is 0.223 e. The summed E-state index contributed by atoms with van der Waals surface area (Å²) in [5.74, 6) is 0.914. The van der Waals surface area contributed by atoms with Gasteiger partial charge in [-0.15, -0.1) is 0 Å².